The van der Waals surface area contributed by atoms with Gasteiger partial charge >= 0.3 is 5.97 Å². The van der Waals surface area contributed by atoms with Gasteiger partial charge in [-0.2, -0.15) is 0 Å². The summed E-state index contributed by atoms with van der Waals surface area (Å²) in [5, 5.41) is 0. The first-order chi connectivity index (χ1) is 15.2. The SMILES string of the molecule is CCCCCCCOc1ccc(C(=O)Oc2ccc(N=Cc3ccncc3)cc2)cc1. The predicted molar refractivity (Wildman–Crippen MR) is 124 cm³/mol. The fourth-order valence-electron chi connectivity index (χ4n) is 2.95. The largest absolute Gasteiger partial charge is 0.494 e. The number of rotatable bonds is 11. The highest BCUT2D eigenvalue weighted by Crippen LogP contribution is 2.20. The van der Waals surface area contributed by atoms with Gasteiger partial charge in [0, 0.05) is 18.6 Å². The summed E-state index contributed by atoms with van der Waals surface area (Å²) in [5.74, 6) is 0.836. The number of hydrogen-bond donors (Lipinski definition) is 0. The Morgan fingerprint density at radius 3 is 2.26 bits per heavy atom. The van der Waals surface area contributed by atoms with E-state index in [0.29, 0.717) is 17.9 Å². The Kier molecular flexibility index (Phi) is 8.80. The molecule has 5 heteroatoms. The summed E-state index contributed by atoms with van der Waals surface area (Å²) in [5.41, 5.74) is 2.22. The normalized spacial score (nSPS) is 10.9. The zero-order valence-electron chi connectivity index (χ0n) is 17.9. The first kappa shape index (κ1) is 22.2. The van der Waals surface area contributed by atoms with E-state index >= 15 is 0 Å². The van der Waals surface area contributed by atoms with Gasteiger partial charge in [-0.25, -0.2) is 4.79 Å². The van der Waals surface area contributed by atoms with Gasteiger partial charge < -0.3 is 9.47 Å². The quantitative estimate of drug-likeness (QED) is 0.157. The number of hydrogen-bond acceptors (Lipinski definition) is 5. The zero-order valence-corrected chi connectivity index (χ0v) is 17.9. The van der Waals surface area contributed by atoms with Crippen LogP contribution in [0.5, 0.6) is 11.5 Å². The Hall–Kier alpha value is -3.47. The van der Waals surface area contributed by atoms with Crippen molar-refractivity contribution in [2.45, 2.75) is 39.0 Å². The maximum atomic E-state index is 12.4. The van der Waals surface area contributed by atoms with Crippen molar-refractivity contribution < 1.29 is 14.3 Å². The van der Waals surface area contributed by atoms with Crippen LogP contribution in [0.4, 0.5) is 5.69 Å². The van der Waals surface area contributed by atoms with Crippen molar-refractivity contribution in [2.75, 3.05) is 6.61 Å². The third kappa shape index (κ3) is 7.70. The molecule has 0 radical (unpaired) electrons. The second-order valence-electron chi connectivity index (χ2n) is 7.21. The number of esters is 1. The summed E-state index contributed by atoms with van der Waals surface area (Å²) >= 11 is 0. The van der Waals surface area contributed by atoms with Gasteiger partial charge in [-0.1, -0.05) is 32.6 Å². The molecule has 0 N–H and O–H groups in total. The number of aromatic nitrogens is 1. The molecule has 0 saturated carbocycles. The number of ether oxygens (including phenoxy) is 2. The van der Waals surface area contributed by atoms with E-state index in [1.807, 2.05) is 12.1 Å². The van der Waals surface area contributed by atoms with E-state index in [1.54, 1.807) is 67.1 Å². The molecule has 0 fully saturated rings. The van der Waals surface area contributed by atoms with E-state index in [1.165, 1.54) is 25.7 Å². The molecule has 1 aromatic heterocycles. The summed E-state index contributed by atoms with van der Waals surface area (Å²) in [7, 11) is 0. The molecule has 0 spiro atoms. The molecule has 0 amide bonds. The zero-order chi connectivity index (χ0) is 21.7. The molecule has 0 saturated heterocycles. The van der Waals surface area contributed by atoms with E-state index in [0.717, 1.165) is 23.4 Å². The van der Waals surface area contributed by atoms with Crippen LogP contribution in [-0.2, 0) is 0 Å². The first-order valence-electron chi connectivity index (χ1n) is 10.7. The van der Waals surface area contributed by atoms with Crippen molar-refractivity contribution in [2.24, 2.45) is 4.99 Å². The minimum Gasteiger partial charge on any atom is -0.494 e. The van der Waals surface area contributed by atoms with Crippen LogP contribution in [0.2, 0.25) is 0 Å². The van der Waals surface area contributed by atoms with Gasteiger partial charge in [-0.3, -0.25) is 9.98 Å². The molecule has 31 heavy (non-hydrogen) atoms. The Bertz CT molecular complexity index is 952. The summed E-state index contributed by atoms with van der Waals surface area (Å²) < 4.78 is 11.2. The number of carbonyl (C=O) groups is 1. The third-order valence-electron chi connectivity index (χ3n) is 4.72. The van der Waals surface area contributed by atoms with Crippen molar-refractivity contribution in [3.63, 3.8) is 0 Å². The van der Waals surface area contributed by atoms with Crippen LogP contribution in [-0.4, -0.2) is 23.8 Å². The smallest absolute Gasteiger partial charge is 0.343 e. The predicted octanol–water partition coefficient (Wildman–Crippen LogP) is 6.40. The standard InChI is InChI=1S/C26H28N2O3/c1-2-3-4-5-6-19-30-24-11-7-22(8-12-24)26(29)31-25-13-9-23(10-14-25)28-20-21-15-17-27-18-16-21/h7-18,20H,2-6,19H2,1H3. The molecule has 0 bridgehead atoms. The minimum absolute atomic E-state index is 0.404. The highest BCUT2D eigenvalue weighted by Gasteiger charge is 2.09. The molecule has 5 nitrogen and oxygen atoms in total. The van der Waals surface area contributed by atoms with Crippen molar-refractivity contribution in [3.05, 3.63) is 84.2 Å². The van der Waals surface area contributed by atoms with Crippen LogP contribution in [0.1, 0.15) is 54.9 Å². The Balaban J connectivity index is 1.46. The van der Waals surface area contributed by atoms with Crippen molar-refractivity contribution in [1.29, 1.82) is 0 Å². The van der Waals surface area contributed by atoms with Crippen molar-refractivity contribution >= 4 is 17.9 Å². The van der Waals surface area contributed by atoms with Crippen LogP contribution in [0.15, 0.2) is 78.0 Å². The molecule has 1 heterocycles. The Morgan fingerprint density at radius 2 is 1.55 bits per heavy atom. The molecule has 0 atom stereocenters. The van der Waals surface area contributed by atoms with Gasteiger partial charge in [0.1, 0.15) is 11.5 Å². The van der Waals surface area contributed by atoms with Gasteiger partial charge in [0.2, 0.25) is 0 Å². The first-order valence-corrected chi connectivity index (χ1v) is 10.7. The molecule has 3 rings (SSSR count). The van der Waals surface area contributed by atoms with Gasteiger partial charge in [-0.15, -0.1) is 0 Å². The van der Waals surface area contributed by atoms with Crippen LogP contribution < -0.4 is 9.47 Å². The molecule has 2 aromatic carbocycles. The molecular formula is C26H28N2O3. The fraction of sp³-hybridized carbons (Fsp3) is 0.269. The molecule has 3 aromatic rings. The molecular weight excluding hydrogens is 388 g/mol. The third-order valence-corrected chi connectivity index (χ3v) is 4.72. The van der Waals surface area contributed by atoms with Crippen LogP contribution in [0, 0.1) is 0 Å². The van der Waals surface area contributed by atoms with E-state index < -0.39 is 5.97 Å². The van der Waals surface area contributed by atoms with E-state index in [4.69, 9.17) is 9.47 Å². The molecule has 0 unspecified atom stereocenters. The molecule has 0 aliphatic rings. The highest BCUT2D eigenvalue weighted by molar-refractivity contribution is 5.91. The highest BCUT2D eigenvalue weighted by atomic mass is 16.5. The Morgan fingerprint density at radius 1 is 0.871 bits per heavy atom. The van der Waals surface area contributed by atoms with E-state index in [2.05, 4.69) is 16.9 Å². The molecule has 0 aliphatic carbocycles. The number of carbonyl (C=O) groups excluding carboxylic acids is 1. The number of unbranched alkanes of at least 4 members (excludes halogenated alkanes) is 4. The summed E-state index contributed by atoms with van der Waals surface area (Å²) in [6.45, 7) is 2.90. The van der Waals surface area contributed by atoms with E-state index in [9.17, 15) is 4.79 Å². The monoisotopic (exact) mass is 416 g/mol. The summed E-state index contributed by atoms with van der Waals surface area (Å²) in [4.78, 5) is 20.8. The fourth-order valence-corrected chi connectivity index (χ4v) is 2.95. The second-order valence-corrected chi connectivity index (χ2v) is 7.21. The number of aliphatic imine (C=N–C) groups is 1. The average Bonchev–Trinajstić information content (AvgIpc) is 2.82. The number of benzene rings is 2. The van der Waals surface area contributed by atoms with Crippen LogP contribution in [0.3, 0.4) is 0 Å². The second kappa shape index (κ2) is 12.3. The number of nitrogens with zero attached hydrogens (tertiary/aromatic N) is 2. The lowest BCUT2D eigenvalue weighted by Crippen LogP contribution is -2.08. The lowest BCUT2D eigenvalue weighted by atomic mass is 10.2. The van der Waals surface area contributed by atoms with Crippen LogP contribution >= 0.6 is 0 Å². The van der Waals surface area contributed by atoms with Gasteiger partial charge in [0.25, 0.3) is 0 Å². The van der Waals surface area contributed by atoms with E-state index in [-0.39, 0.29) is 0 Å². The van der Waals surface area contributed by atoms with Gasteiger partial charge in [0.15, 0.2) is 0 Å². The number of pyridine rings is 1. The van der Waals surface area contributed by atoms with Crippen molar-refractivity contribution in [1.82, 2.24) is 4.98 Å². The maximum absolute atomic E-state index is 12.4. The summed E-state index contributed by atoms with van der Waals surface area (Å²) in [6.07, 6.45) is 11.2. The molecule has 160 valence electrons. The summed E-state index contributed by atoms with van der Waals surface area (Å²) in [6, 6.07) is 17.9. The lowest BCUT2D eigenvalue weighted by molar-refractivity contribution is 0.0734. The average molecular weight is 417 g/mol. The van der Waals surface area contributed by atoms with Crippen LogP contribution in [0.25, 0.3) is 0 Å². The Labute approximate surface area is 183 Å². The maximum Gasteiger partial charge on any atom is 0.343 e. The van der Waals surface area contributed by atoms with Gasteiger partial charge in [-0.05, 0) is 72.6 Å². The van der Waals surface area contributed by atoms with Gasteiger partial charge in [0.05, 0.1) is 17.9 Å². The van der Waals surface area contributed by atoms with Crippen molar-refractivity contribution in [3.8, 4) is 11.5 Å². The minimum atomic E-state index is -0.404. The molecule has 0 aliphatic heterocycles. The lowest BCUT2D eigenvalue weighted by Gasteiger charge is -2.08. The topological polar surface area (TPSA) is 60.8 Å².